The Hall–Kier alpha value is -2.96. The number of benzene rings is 2. The lowest BCUT2D eigenvalue weighted by Gasteiger charge is -2.07. The maximum absolute atomic E-state index is 13.1. The van der Waals surface area contributed by atoms with Gasteiger partial charge in [-0.25, -0.2) is 9.07 Å². The number of nitrogens with zero attached hydrogens (tertiary/aromatic N) is 3. The zero-order valence-corrected chi connectivity index (χ0v) is 16.6. The van der Waals surface area contributed by atoms with E-state index in [1.54, 1.807) is 41.3 Å². The van der Waals surface area contributed by atoms with Crippen LogP contribution in [0.2, 0.25) is 10.0 Å². The molecular weight excluding hydrogens is 414 g/mol. The summed E-state index contributed by atoms with van der Waals surface area (Å²) in [6.45, 7) is 0.348. The van der Waals surface area contributed by atoms with Crippen LogP contribution in [0.5, 0.6) is 0 Å². The van der Waals surface area contributed by atoms with Gasteiger partial charge in [0.05, 0.1) is 45.8 Å². The molecule has 2 heterocycles. The first-order valence-corrected chi connectivity index (χ1v) is 9.54. The molecule has 4 rings (SSSR count). The van der Waals surface area contributed by atoms with Gasteiger partial charge in [0.1, 0.15) is 5.82 Å². The fourth-order valence-electron chi connectivity index (χ4n) is 2.93. The fourth-order valence-corrected chi connectivity index (χ4v) is 3.25. The Morgan fingerprint density at radius 3 is 2.59 bits per heavy atom. The van der Waals surface area contributed by atoms with Gasteiger partial charge in [-0.3, -0.25) is 9.78 Å². The van der Waals surface area contributed by atoms with Crippen LogP contribution in [0.1, 0.15) is 11.3 Å². The number of nitrogens with one attached hydrogen (secondary N) is 1. The van der Waals surface area contributed by atoms with E-state index in [1.807, 2.05) is 12.1 Å². The summed E-state index contributed by atoms with van der Waals surface area (Å²) in [5.74, 6) is -0.466. The van der Waals surface area contributed by atoms with Crippen LogP contribution in [0.15, 0.2) is 60.9 Å². The van der Waals surface area contributed by atoms with Gasteiger partial charge in [-0.15, -0.1) is 0 Å². The molecule has 0 aliphatic rings. The third-order valence-electron chi connectivity index (χ3n) is 4.40. The molecule has 8 heteroatoms. The van der Waals surface area contributed by atoms with Gasteiger partial charge in [0, 0.05) is 11.9 Å². The van der Waals surface area contributed by atoms with Crippen LogP contribution >= 0.6 is 23.2 Å². The zero-order valence-electron chi connectivity index (χ0n) is 15.1. The van der Waals surface area contributed by atoms with E-state index in [4.69, 9.17) is 23.2 Å². The van der Waals surface area contributed by atoms with Crippen molar-refractivity contribution in [1.82, 2.24) is 20.1 Å². The number of hydrogen-bond acceptors (Lipinski definition) is 3. The molecule has 0 saturated carbocycles. The molecule has 2 aromatic heterocycles. The molecule has 0 spiro atoms. The van der Waals surface area contributed by atoms with E-state index in [0.29, 0.717) is 22.3 Å². The van der Waals surface area contributed by atoms with Crippen LogP contribution in [-0.4, -0.2) is 20.7 Å². The molecule has 2 aromatic carbocycles. The Morgan fingerprint density at radius 1 is 1.03 bits per heavy atom. The monoisotopic (exact) mass is 428 g/mol. The summed E-state index contributed by atoms with van der Waals surface area (Å²) in [7, 11) is 0. The topological polar surface area (TPSA) is 59.8 Å². The normalized spacial score (nSPS) is 11.0. The van der Waals surface area contributed by atoms with Crippen molar-refractivity contribution in [2.75, 3.05) is 0 Å². The molecule has 0 aliphatic carbocycles. The number of halogens is 3. The van der Waals surface area contributed by atoms with Crippen LogP contribution in [0.4, 0.5) is 4.39 Å². The van der Waals surface area contributed by atoms with Gasteiger partial charge in [-0.1, -0.05) is 29.3 Å². The molecule has 0 aliphatic heterocycles. The van der Waals surface area contributed by atoms with Crippen molar-refractivity contribution in [3.63, 3.8) is 0 Å². The molecule has 5 nitrogen and oxygen atoms in total. The van der Waals surface area contributed by atoms with E-state index >= 15 is 0 Å². The Morgan fingerprint density at radius 2 is 1.83 bits per heavy atom. The van der Waals surface area contributed by atoms with Crippen LogP contribution in [0.3, 0.4) is 0 Å². The molecular formula is C21H15Cl2FN4O. The first kappa shape index (κ1) is 19.4. The van der Waals surface area contributed by atoms with Crippen molar-refractivity contribution in [1.29, 1.82) is 0 Å². The number of amides is 1. The highest BCUT2D eigenvalue weighted by Gasteiger charge is 2.10. The summed E-state index contributed by atoms with van der Waals surface area (Å²) < 4.78 is 14.8. The van der Waals surface area contributed by atoms with Gasteiger partial charge in [0.25, 0.3) is 0 Å². The van der Waals surface area contributed by atoms with E-state index in [2.05, 4.69) is 15.4 Å². The molecule has 146 valence electrons. The van der Waals surface area contributed by atoms with E-state index in [9.17, 15) is 9.18 Å². The standard InChI is InChI=1S/C21H15Cl2FN4O/c22-18-6-1-13(7-19(18)23)10-26-21(29)9-16-8-14-11-27-28(20(14)12-25-16)17-4-2-15(24)3-5-17/h1-8,11-12H,9-10H2,(H,26,29). The quantitative estimate of drug-likeness (QED) is 0.499. The number of carbonyl (C=O) groups is 1. The van der Waals surface area contributed by atoms with Gasteiger partial charge in [0.2, 0.25) is 5.91 Å². The van der Waals surface area contributed by atoms with Gasteiger partial charge in [0.15, 0.2) is 0 Å². The van der Waals surface area contributed by atoms with Crippen molar-refractivity contribution in [2.24, 2.45) is 0 Å². The van der Waals surface area contributed by atoms with Crippen molar-refractivity contribution in [2.45, 2.75) is 13.0 Å². The molecule has 1 N–H and O–H groups in total. The Balaban J connectivity index is 1.45. The summed E-state index contributed by atoms with van der Waals surface area (Å²) >= 11 is 11.9. The third-order valence-corrected chi connectivity index (χ3v) is 5.14. The predicted octanol–water partition coefficient (Wildman–Crippen LogP) is 4.73. The minimum absolute atomic E-state index is 0.138. The lowest BCUT2D eigenvalue weighted by molar-refractivity contribution is -0.120. The number of aromatic nitrogens is 3. The van der Waals surface area contributed by atoms with Crippen LogP contribution < -0.4 is 5.32 Å². The minimum atomic E-state index is -0.308. The summed E-state index contributed by atoms with van der Waals surface area (Å²) in [6.07, 6.45) is 3.49. The lowest BCUT2D eigenvalue weighted by Crippen LogP contribution is -2.24. The van der Waals surface area contributed by atoms with E-state index < -0.39 is 0 Å². The molecule has 1 amide bonds. The number of rotatable bonds is 5. The number of carbonyl (C=O) groups excluding carboxylic acids is 1. The average molecular weight is 429 g/mol. The lowest BCUT2D eigenvalue weighted by atomic mass is 10.2. The second-order valence-corrected chi connectivity index (χ2v) is 7.28. The number of fused-ring (bicyclic) bond motifs is 1. The van der Waals surface area contributed by atoms with Crippen LogP contribution in [-0.2, 0) is 17.8 Å². The fraction of sp³-hybridized carbons (Fsp3) is 0.0952. The largest absolute Gasteiger partial charge is 0.352 e. The molecule has 29 heavy (non-hydrogen) atoms. The summed E-state index contributed by atoms with van der Waals surface area (Å²) in [5.41, 5.74) is 2.99. The average Bonchev–Trinajstić information content (AvgIpc) is 3.13. The van der Waals surface area contributed by atoms with E-state index in [-0.39, 0.29) is 18.1 Å². The second-order valence-electron chi connectivity index (χ2n) is 6.47. The van der Waals surface area contributed by atoms with Crippen molar-refractivity contribution in [3.05, 3.63) is 88.0 Å². The Kier molecular flexibility index (Phi) is 5.47. The summed E-state index contributed by atoms with van der Waals surface area (Å²) in [5, 5.41) is 8.94. The molecule has 0 fully saturated rings. The molecule has 4 aromatic rings. The molecule has 0 bridgehead atoms. The SMILES string of the molecule is O=C(Cc1cc2cnn(-c3ccc(F)cc3)c2cn1)NCc1ccc(Cl)c(Cl)c1. The van der Waals surface area contributed by atoms with Crippen molar-refractivity contribution < 1.29 is 9.18 Å². The molecule has 0 unspecified atom stereocenters. The maximum atomic E-state index is 13.1. The first-order chi connectivity index (χ1) is 14.0. The van der Waals surface area contributed by atoms with E-state index in [1.165, 1.54) is 12.1 Å². The smallest absolute Gasteiger partial charge is 0.226 e. The van der Waals surface area contributed by atoms with Crippen LogP contribution in [0, 0.1) is 5.82 Å². The molecule has 0 saturated heterocycles. The summed E-state index contributed by atoms with van der Waals surface area (Å²) in [6, 6.07) is 13.1. The Labute approximate surface area is 176 Å². The Bertz CT molecular complexity index is 1190. The third kappa shape index (κ3) is 4.39. The maximum Gasteiger partial charge on any atom is 0.226 e. The number of hydrogen-bond donors (Lipinski definition) is 1. The first-order valence-electron chi connectivity index (χ1n) is 8.79. The van der Waals surface area contributed by atoms with Gasteiger partial charge in [-0.2, -0.15) is 5.10 Å². The second kappa shape index (κ2) is 8.19. The molecule has 0 radical (unpaired) electrons. The van der Waals surface area contributed by atoms with Gasteiger partial charge in [-0.05, 0) is 48.0 Å². The summed E-state index contributed by atoms with van der Waals surface area (Å²) in [4.78, 5) is 16.6. The van der Waals surface area contributed by atoms with Gasteiger partial charge < -0.3 is 5.32 Å². The van der Waals surface area contributed by atoms with Crippen molar-refractivity contribution >= 4 is 40.0 Å². The highest BCUT2D eigenvalue weighted by Crippen LogP contribution is 2.22. The number of pyridine rings is 1. The minimum Gasteiger partial charge on any atom is -0.352 e. The predicted molar refractivity (Wildman–Crippen MR) is 111 cm³/mol. The highest BCUT2D eigenvalue weighted by atomic mass is 35.5. The van der Waals surface area contributed by atoms with E-state index in [0.717, 1.165) is 22.2 Å². The van der Waals surface area contributed by atoms with Crippen molar-refractivity contribution in [3.8, 4) is 5.69 Å². The highest BCUT2D eigenvalue weighted by molar-refractivity contribution is 6.42. The molecule has 0 atom stereocenters. The van der Waals surface area contributed by atoms with Crippen LogP contribution in [0.25, 0.3) is 16.6 Å². The zero-order chi connectivity index (χ0) is 20.4. The van der Waals surface area contributed by atoms with Gasteiger partial charge >= 0.3 is 0 Å².